The molecule has 3 rings (SSSR count). The quantitative estimate of drug-likeness (QED) is 0.750. The van der Waals surface area contributed by atoms with Crippen molar-refractivity contribution in [1.82, 2.24) is 9.80 Å². The molecule has 5 heteroatoms. The van der Waals surface area contributed by atoms with E-state index >= 15 is 0 Å². The molecule has 1 aliphatic rings. The third kappa shape index (κ3) is 5.91. The maximum Gasteiger partial charge on any atom is 0.227 e. The molecule has 29 heavy (non-hydrogen) atoms. The van der Waals surface area contributed by atoms with Gasteiger partial charge in [-0.25, -0.2) is 0 Å². The van der Waals surface area contributed by atoms with Gasteiger partial charge in [0.15, 0.2) is 0 Å². The monoisotopic (exact) mass is 393 g/mol. The van der Waals surface area contributed by atoms with Crippen LogP contribution in [0.2, 0.25) is 0 Å². The van der Waals surface area contributed by atoms with Crippen molar-refractivity contribution < 1.29 is 9.59 Å². The van der Waals surface area contributed by atoms with Crippen molar-refractivity contribution in [3.8, 4) is 11.1 Å². The van der Waals surface area contributed by atoms with Crippen LogP contribution in [0.25, 0.3) is 11.1 Å². The predicted octanol–water partition coefficient (Wildman–Crippen LogP) is 2.94. The number of hydrogen-bond acceptors (Lipinski definition) is 3. The minimum atomic E-state index is -0.293. The lowest BCUT2D eigenvalue weighted by atomic mass is 9.95. The number of carbonyl (C=O) groups is 2. The minimum absolute atomic E-state index is 0.0977. The normalized spacial score (nSPS) is 17.9. The van der Waals surface area contributed by atoms with Gasteiger partial charge in [0.05, 0.1) is 5.92 Å². The lowest BCUT2D eigenvalue weighted by Gasteiger charge is -2.24. The Morgan fingerprint density at radius 2 is 1.69 bits per heavy atom. The maximum atomic E-state index is 13.1. The molecule has 0 radical (unpaired) electrons. The first-order chi connectivity index (χ1) is 14.1. The van der Waals surface area contributed by atoms with E-state index in [-0.39, 0.29) is 17.7 Å². The molecule has 1 saturated heterocycles. The van der Waals surface area contributed by atoms with Gasteiger partial charge >= 0.3 is 0 Å². The number of amides is 2. The first-order valence-corrected chi connectivity index (χ1v) is 10.5. The molecule has 1 atom stereocenters. The summed E-state index contributed by atoms with van der Waals surface area (Å²) in [6.45, 7) is 5.68. The molecule has 2 aromatic rings. The fraction of sp³-hybridized carbons (Fsp3) is 0.417. The summed E-state index contributed by atoms with van der Waals surface area (Å²) < 4.78 is 0. The zero-order valence-electron chi connectivity index (χ0n) is 17.2. The molecular weight excluding hydrogens is 362 g/mol. The highest BCUT2D eigenvalue weighted by atomic mass is 16.2. The lowest BCUT2D eigenvalue weighted by Crippen LogP contribution is -2.37. The molecule has 2 aromatic carbocycles. The molecular formula is C24H31N3O2. The Kier molecular flexibility index (Phi) is 7.42. The fourth-order valence-corrected chi connectivity index (χ4v) is 3.98. The van der Waals surface area contributed by atoms with E-state index in [4.69, 9.17) is 5.73 Å². The Labute approximate surface area is 173 Å². The van der Waals surface area contributed by atoms with Crippen molar-refractivity contribution in [1.29, 1.82) is 0 Å². The van der Waals surface area contributed by atoms with E-state index in [9.17, 15) is 9.59 Å². The smallest absolute Gasteiger partial charge is 0.227 e. The maximum absolute atomic E-state index is 13.1. The number of primary amides is 1. The summed E-state index contributed by atoms with van der Waals surface area (Å²) in [7, 11) is 0. The minimum Gasteiger partial charge on any atom is -0.370 e. The van der Waals surface area contributed by atoms with Crippen LogP contribution in [0.1, 0.15) is 25.3 Å². The standard InChI is InChI=1S/C24H31N3O2/c1-2-13-27-16-15-26(14-12-23(25)28)18-22(24(27)29)17-19-8-10-21(11-9-19)20-6-4-3-5-7-20/h3-11,22H,2,12-18H2,1H3,(H2,25,28)/t22-/m1/s1. The first kappa shape index (κ1) is 21.1. The molecule has 1 aliphatic heterocycles. The van der Waals surface area contributed by atoms with Gasteiger partial charge in [-0.2, -0.15) is 0 Å². The second-order valence-electron chi connectivity index (χ2n) is 7.81. The number of nitrogens with zero attached hydrogens (tertiary/aromatic N) is 2. The average molecular weight is 394 g/mol. The van der Waals surface area contributed by atoms with Crippen LogP contribution in [0.3, 0.4) is 0 Å². The summed E-state index contributed by atoms with van der Waals surface area (Å²) in [5, 5.41) is 0. The highest BCUT2D eigenvalue weighted by Gasteiger charge is 2.30. The molecule has 0 aromatic heterocycles. The average Bonchev–Trinajstić information content (AvgIpc) is 2.88. The Morgan fingerprint density at radius 3 is 2.34 bits per heavy atom. The molecule has 0 spiro atoms. The number of benzene rings is 2. The van der Waals surface area contributed by atoms with Crippen LogP contribution in [0, 0.1) is 5.92 Å². The molecule has 0 saturated carbocycles. The van der Waals surface area contributed by atoms with Crippen molar-refractivity contribution in [3.63, 3.8) is 0 Å². The highest BCUT2D eigenvalue weighted by Crippen LogP contribution is 2.22. The van der Waals surface area contributed by atoms with Crippen LogP contribution in [-0.2, 0) is 16.0 Å². The Hall–Kier alpha value is -2.66. The van der Waals surface area contributed by atoms with Crippen molar-refractivity contribution in [2.24, 2.45) is 11.7 Å². The van der Waals surface area contributed by atoms with Gasteiger partial charge in [0.1, 0.15) is 0 Å². The second kappa shape index (κ2) is 10.2. The Bertz CT molecular complexity index is 805. The zero-order chi connectivity index (χ0) is 20.6. The molecule has 5 nitrogen and oxygen atoms in total. The van der Waals surface area contributed by atoms with Gasteiger partial charge in [-0.1, -0.05) is 61.5 Å². The summed E-state index contributed by atoms with van der Waals surface area (Å²) in [6.07, 6.45) is 1.99. The molecule has 2 amide bonds. The van der Waals surface area contributed by atoms with Crippen molar-refractivity contribution >= 4 is 11.8 Å². The highest BCUT2D eigenvalue weighted by molar-refractivity contribution is 5.80. The van der Waals surface area contributed by atoms with Crippen LogP contribution >= 0.6 is 0 Å². The largest absolute Gasteiger partial charge is 0.370 e. The van der Waals surface area contributed by atoms with Crippen LogP contribution in [0.15, 0.2) is 54.6 Å². The second-order valence-corrected chi connectivity index (χ2v) is 7.81. The SMILES string of the molecule is CCCN1CCN(CCC(N)=O)C[C@@H](Cc2ccc(-c3ccccc3)cc2)C1=O. The zero-order valence-corrected chi connectivity index (χ0v) is 17.2. The van der Waals surface area contributed by atoms with Crippen molar-refractivity contribution in [3.05, 3.63) is 60.2 Å². The molecule has 1 heterocycles. The summed E-state index contributed by atoms with van der Waals surface area (Å²) in [5.41, 5.74) is 8.86. The van der Waals surface area contributed by atoms with Crippen molar-refractivity contribution in [2.75, 3.05) is 32.7 Å². The predicted molar refractivity (Wildman–Crippen MR) is 116 cm³/mol. The number of nitrogens with two attached hydrogens (primary N) is 1. The van der Waals surface area contributed by atoms with E-state index in [2.05, 4.69) is 48.2 Å². The number of carbonyl (C=O) groups excluding carboxylic acids is 2. The van der Waals surface area contributed by atoms with E-state index in [1.807, 2.05) is 23.1 Å². The van der Waals surface area contributed by atoms with Crippen LogP contribution < -0.4 is 5.73 Å². The summed E-state index contributed by atoms with van der Waals surface area (Å²) in [6, 6.07) is 18.8. The van der Waals surface area contributed by atoms with Gasteiger partial charge in [-0.15, -0.1) is 0 Å². The van der Waals surface area contributed by atoms with E-state index < -0.39 is 0 Å². The van der Waals surface area contributed by atoms with Crippen LogP contribution in [0.4, 0.5) is 0 Å². The third-order valence-corrected chi connectivity index (χ3v) is 5.54. The fourth-order valence-electron chi connectivity index (χ4n) is 3.98. The van der Waals surface area contributed by atoms with Crippen LogP contribution in [0.5, 0.6) is 0 Å². The summed E-state index contributed by atoms with van der Waals surface area (Å²) in [4.78, 5) is 28.5. The van der Waals surface area contributed by atoms with Crippen LogP contribution in [-0.4, -0.2) is 54.3 Å². The van der Waals surface area contributed by atoms with Gasteiger partial charge in [0, 0.05) is 39.1 Å². The van der Waals surface area contributed by atoms with Gasteiger partial charge in [0.25, 0.3) is 0 Å². The molecule has 0 aliphatic carbocycles. The molecule has 1 fully saturated rings. The van der Waals surface area contributed by atoms with E-state index in [1.54, 1.807) is 0 Å². The topological polar surface area (TPSA) is 66.6 Å². The summed E-state index contributed by atoms with van der Waals surface area (Å²) >= 11 is 0. The van der Waals surface area contributed by atoms with E-state index in [1.165, 1.54) is 11.1 Å². The van der Waals surface area contributed by atoms with Gasteiger partial charge in [-0.05, 0) is 29.5 Å². The third-order valence-electron chi connectivity index (χ3n) is 5.54. The van der Waals surface area contributed by atoms with E-state index in [0.29, 0.717) is 25.9 Å². The lowest BCUT2D eigenvalue weighted by molar-refractivity contribution is -0.134. The van der Waals surface area contributed by atoms with E-state index in [0.717, 1.165) is 31.6 Å². The molecule has 0 bridgehead atoms. The summed E-state index contributed by atoms with van der Waals surface area (Å²) in [5.74, 6) is -0.167. The Balaban J connectivity index is 1.72. The number of rotatable bonds is 8. The first-order valence-electron chi connectivity index (χ1n) is 10.5. The van der Waals surface area contributed by atoms with Gasteiger partial charge in [-0.3, -0.25) is 9.59 Å². The molecule has 154 valence electrons. The molecule has 2 N–H and O–H groups in total. The molecule has 0 unspecified atom stereocenters. The number of hydrogen-bond donors (Lipinski definition) is 1. The van der Waals surface area contributed by atoms with Gasteiger partial charge in [0.2, 0.25) is 11.8 Å². The van der Waals surface area contributed by atoms with Gasteiger partial charge < -0.3 is 15.5 Å². The Morgan fingerprint density at radius 1 is 1.00 bits per heavy atom. The van der Waals surface area contributed by atoms with Crippen molar-refractivity contribution in [2.45, 2.75) is 26.2 Å².